The molecule has 0 unspecified atom stereocenters. The van der Waals surface area contributed by atoms with Gasteiger partial charge in [-0.2, -0.15) is 0 Å². The molecule has 0 aliphatic heterocycles. The van der Waals surface area contributed by atoms with Crippen LogP contribution >= 0.6 is 22.4 Å². The van der Waals surface area contributed by atoms with Crippen molar-refractivity contribution in [2.75, 3.05) is 0 Å². The van der Waals surface area contributed by atoms with E-state index in [-0.39, 0.29) is 0 Å². The van der Waals surface area contributed by atoms with Crippen molar-refractivity contribution in [3.63, 3.8) is 0 Å². The number of halogens is 1. The van der Waals surface area contributed by atoms with Crippen molar-refractivity contribution >= 4 is 27.6 Å². The molecule has 0 aliphatic rings. The van der Waals surface area contributed by atoms with Crippen LogP contribution in [0.25, 0.3) is 0 Å². The topological polar surface area (TPSA) is 38.0 Å². The molecular formula is H3BIN2. The molecule has 0 heterocycles. The summed E-state index contributed by atoms with van der Waals surface area (Å²) in [5, 5.41) is 3.92. The van der Waals surface area contributed by atoms with Gasteiger partial charge in [0.25, 0.3) is 0 Å². The van der Waals surface area contributed by atoms with Gasteiger partial charge in [-0.1, -0.05) is 0 Å². The van der Waals surface area contributed by atoms with E-state index in [9.17, 15) is 0 Å². The molecule has 0 atom stereocenters. The third-order valence-corrected chi connectivity index (χ3v) is 0.423. The summed E-state index contributed by atoms with van der Waals surface area (Å²) in [4.78, 5) is 0. The number of nitrogens with two attached hydrogens (primary N) is 1. The van der Waals surface area contributed by atoms with Crippen LogP contribution in [0.4, 0.5) is 0 Å². The molecule has 0 aromatic rings. The molecule has 0 rings (SSSR count). The predicted molar refractivity (Wildman–Crippen MR) is 27.1 cm³/mol. The standard InChI is InChI=1S/BH3IN2/c2-1-4-3/h4H,3H2. The van der Waals surface area contributed by atoms with Crippen molar-refractivity contribution in [1.29, 1.82) is 0 Å². The first-order chi connectivity index (χ1) is 1.91. The Morgan fingerprint density at radius 2 is 2.25 bits per heavy atom. The van der Waals surface area contributed by atoms with Crippen molar-refractivity contribution in [3.8, 4) is 0 Å². The Morgan fingerprint density at radius 1 is 2.00 bits per heavy atom. The van der Waals surface area contributed by atoms with Gasteiger partial charge in [-0.05, 0) is 0 Å². The predicted octanol–water partition coefficient (Wildman–Crippen LogP) is -0.581. The molecular weight excluding hydrogens is 166 g/mol. The Hall–Kier alpha value is 0.715. The van der Waals surface area contributed by atoms with Crippen LogP contribution in [0.2, 0.25) is 0 Å². The number of hydrogen-bond acceptors (Lipinski definition) is 2. The summed E-state index contributed by atoms with van der Waals surface area (Å²) < 4.78 is 0. The van der Waals surface area contributed by atoms with E-state index in [0.29, 0.717) is 0 Å². The Labute approximate surface area is 39.2 Å². The van der Waals surface area contributed by atoms with Gasteiger partial charge in [-0.15, -0.1) is 22.4 Å². The van der Waals surface area contributed by atoms with Gasteiger partial charge in [0.15, 0.2) is 0 Å². The van der Waals surface area contributed by atoms with E-state index in [1.165, 1.54) is 0 Å². The van der Waals surface area contributed by atoms with Crippen molar-refractivity contribution in [2.45, 2.75) is 0 Å². The SMILES string of the molecule is NN[B]I. The van der Waals surface area contributed by atoms with E-state index in [2.05, 4.69) is 5.34 Å². The first-order valence-corrected chi connectivity index (χ1v) is 2.04. The lowest BCUT2D eigenvalue weighted by atomic mass is 10.5. The Kier molecular flexibility index (Phi) is 4.38. The van der Waals surface area contributed by atoms with Crippen molar-refractivity contribution in [2.24, 2.45) is 5.84 Å². The zero-order valence-electron chi connectivity index (χ0n) is 2.03. The summed E-state index contributed by atoms with van der Waals surface area (Å²) in [7, 11) is 0. The highest BCUT2D eigenvalue weighted by Crippen LogP contribution is 1.58. The van der Waals surface area contributed by atoms with E-state index in [1.54, 1.807) is 5.27 Å². The van der Waals surface area contributed by atoms with Crippen LogP contribution in [-0.2, 0) is 0 Å². The minimum Gasteiger partial charge on any atom is -0.292 e. The normalized spacial score (nSPS) is 6.50. The van der Waals surface area contributed by atoms with Crippen molar-refractivity contribution in [3.05, 3.63) is 0 Å². The summed E-state index contributed by atoms with van der Waals surface area (Å²) >= 11 is 1.99. The highest BCUT2D eigenvalue weighted by Gasteiger charge is 1.61. The van der Waals surface area contributed by atoms with E-state index in [1.807, 2.05) is 22.4 Å². The largest absolute Gasteiger partial charge is 0.307 e. The van der Waals surface area contributed by atoms with Gasteiger partial charge >= 0.3 is 5.27 Å². The first kappa shape index (κ1) is 4.71. The molecule has 0 bridgehead atoms. The molecule has 0 fully saturated rings. The lowest BCUT2D eigenvalue weighted by Gasteiger charge is -1.71. The molecule has 0 aliphatic carbocycles. The average molecular weight is 169 g/mol. The van der Waals surface area contributed by atoms with Gasteiger partial charge in [0.2, 0.25) is 0 Å². The second-order valence-electron chi connectivity index (χ2n) is 0.276. The maximum absolute atomic E-state index is 4.71. The molecule has 1 radical (unpaired) electrons. The number of hydrazine groups is 1. The van der Waals surface area contributed by atoms with Gasteiger partial charge in [0.05, 0.1) is 0 Å². The van der Waals surface area contributed by atoms with Crippen LogP contribution < -0.4 is 11.2 Å². The lowest BCUT2D eigenvalue weighted by molar-refractivity contribution is 1.10. The van der Waals surface area contributed by atoms with Crippen molar-refractivity contribution < 1.29 is 0 Å². The maximum atomic E-state index is 4.71. The third kappa shape index (κ3) is 2.71. The van der Waals surface area contributed by atoms with Gasteiger partial charge < -0.3 is 0 Å². The van der Waals surface area contributed by atoms with E-state index < -0.39 is 0 Å². The molecule has 23 valence electrons. The molecule has 0 saturated heterocycles. The van der Waals surface area contributed by atoms with Crippen LogP contribution in [-0.4, -0.2) is 5.27 Å². The Balaban J connectivity index is 1.97. The van der Waals surface area contributed by atoms with Crippen LogP contribution in [0.15, 0.2) is 0 Å². The highest BCUT2D eigenvalue weighted by atomic mass is 127. The van der Waals surface area contributed by atoms with E-state index in [4.69, 9.17) is 5.84 Å². The molecule has 3 N–H and O–H groups in total. The fourth-order valence-electron chi connectivity index (χ4n) is 0. The molecule has 0 spiro atoms. The number of nitrogens with one attached hydrogen (secondary N) is 1. The molecule has 0 aromatic carbocycles. The zero-order chi connectivity index (χ0) is 3.41. The lowest BCUT2D eigenvalue weighted by Crippen LogP contribution is -2.21. The molecule has 0 aromatic heterocycles. The third-order valence-electron chi connectivity index (χ3n) is 0.0630. The monoisotopic (exact) mass is 169 g/mol. The highest BCUT2D eigenvalue weighted by molar-refractivity contribution is 14.1. The van der Waals surface area contributed by atoms with Crippen molar-refractivity contribution in [1.82, 2.24) is 5.34 Å². The van der Waals surface area contributed by atoms with Gasteiger partial charge in [0, 0.05) is 0 Å². The molecule has 4 heteroatoms. The number of rotatable bonds is 1. The van der Waals surface area contributed by atoms with Gasteiger partial charge in [0.1, 0.15) is 0 Å². The van der Waals surface area contributed by atoms with Gasteiger partial charge in [-0.3, -0.25) is 11.2 Å². The maximum Gasteiger partial charge on any atom is 0.307 e. The second-order valence-corrected chi connectivity index (χ2v) is 0.899. The quantitative estimate of drug-likeness (QED) is 0.238. The smallest absolute Gasteiger partial charge is 0.292 e. The Morgan fingerprint density at radius 3 is 2.25 bits per heavy atom. The minimum absolute atomic E-state index is 1.62. The number of hydrogen-bond donors (Lipinski definition) is 2. The zero-order valence-corrected chi connectivity index (χ0v) is 4.19. The summed E-state index contributed by atoms with van der Waals surface area (Å²) in [6.07, 6.45) is 0. The Bertz CT molecular complexity index is 8.00. The van der Waals surface area contributed by atoms with Crippen LogP contribution in [0, 0.1) is 0 Å². The average Bonchev–Trinajstić information content (AvgIpc) is 1.37. The molecule has 4 heavy (non-hydrogen) atoms. The van der Waals surface area contributed by atoms with Gasteiger partial charge in [-0.25, -0.2) is 0 Å². The summed E-state index contributed by atoms with van der Waals surface area (Å²) in [5.41, 5.74) is 0. The fourth-order valence-corrected chi connectivity index (χ4v) is 0. The fraction of sp³-hybridized carbons (Fsp3) is 0. The summed E-state index contributed by atoms with van der Waals surface area (Å²) in [6, 6.07) is 0. The first-order valence-electron chi connectivity index (χ1n) is 0.796. The minimum atomic E-state index is 1.62. The van der Waals surface area contributed by atoms with Crippen LogP contribution in [0.3, 0.4) is 0 Å². The molecule has 2 nitrogen and oxygen atoms in total. The van der Waals surface area contributed by atoms with E-state index in [0.717, 1.165) is 0 Å². The summed E-state index contributed by atoms with van der Waals surface area (Å²) in [5.74, 6) is 4.71. The van der Waals surface area contributed by atoms with E-state index >= 15 is 0 Å². The summed E-state index contributed by atoms with van der Waals surface area (Å²) in [6.45, 7) is 0. The van der Waals surface area contributed by atoms with Crippen LogP contribution in [0.1, 0.15) is 0 Å². The molecule has 0 saturated carbocycles. The van der Waals surface area contributed by atoms with Crippen LogP contribution in [0.5, 0.6) is 0 Å². The second kappa shape index (κ2) is 3.71. The molecule has 0 amide bonds.